The highest BCUT2D eigenvalue weighted by atomic mass is 19.4. The summed E-state index contributed by atoms with van der Waals surface area (Å²) in [5, 5.41) is 5.17. The van der Waals surface area contributed by atoms with Crippen molar-refractivity contribution in [3.63, 3.8) is 0 Å². The van der Waals surface area contributed by atoms with E-state index in [2.05, 4.69) is 15.4 Å². The van der Waals surface area contributed by atoms with Crippen LogP contribution in [-0.2, 0) is 11.3 Å². The average Bonchev–Trinajstić information content (AvgIpc) is 2.47. The molecule has 0 aliphatic carbocycles. The van der Waals surface area contributed by atoms with Crippen molar-refractivity contribution in [2.45, 2.75) is 19.1 Å². The SMILES string of the molecule is COc1ccccc1CNC(=O)NCCCOCC(F)(F)F. The smallest absolute Gasteiger partial charge is 0.411 e. The molecule has 1 aromatic rings. The lowest BCUT2D eigenvalue weighted by molar-refractivity contribution is -0.173. The van der Waals surface area contributed by atoms with Crippen LogP contribution in [0.15, 0.2) is 24.3 Å². The molecular weight excluding hydrogens is 301 g/mol. The Kier molecular flexibility index (Phi) is 7.51. The molecule has 1 aromatic carbocycles. The molecule has 0 saturated heterocycles. The number of carbonyl (C=O) groups excluding carboxylic acids is 1. The molecular formula is C14H19F3N2O3. The summed E-state index contributed by atoms with van der Waals surface area (Å²) in [6.07, 6.45) is -4.02. The summed E-state index contributed by atoms with van der Waals surface area (Å²) >= 11 is 0. The number of ether oxygens (including phenoxy) is 2. The van der Waals surface area contributed by atoms with Crippen molar-refractivity contribution in [2.75, 3.05) is 26.9 Å². The van der Waals surface area contributed by atoms with Crippen LogP contribution in [0.1, 0.15) is 12.0 Å². The zero-order valence-corrected chi connectivity index (χ0v) is 12.2. The fraction of sp³-hybridized carbons (Fsp3) is 0.500. The highest BCUT2D eigenvalue weighted by molar-refractivity contribution is 5.73. The Balaban J connectivity index is 2.14. The molecule has 2 amide bonds. The van der Waals surface area contributed by atoms with Gasteiger partial charge < -0.3 is 20.1 Å². The van der Waals surface area contributed by atoms with Gasteiger partial charge in [-0.2, -0.15) is 13.2 Å². The standard InChI is InChI=1S/C14H19F3N2O3/c1-21-12-6-3-2-5-11(12)9-19-13(20)18-7-4-8-22-10-14(15,16)17/h2-3,5-6H,4,7-10H2,1H3,(H2,18,19,20). The van der Waals surface area contributed by atoms with Crippen LogP contribution in [0.5, 0.6) is 5.75 Å². The maximum absolute atomic E-state index is 11.8. The van der Waals surface area contributed by atoms with Crippen LogP contribution < -0.4 is 15.4 Å². The predicted molar refractivity (Wildman–Crippen MR) is 74.7 cm³/mol. The lowest BCUT2D eigenvalue weighted by Gasteiger charge is -2.11. The van der Waals surface area contributed by atoms with Gasteiger partial charge in [-0.1, -0.05) is 18.2 Å². The van der Waals surface area contributed by atoms with E-state index in [4.69, 9.17) is 4.74 Å². The fourth-order valence-corrected chi connectivity index (χ4v) is 1.65. The second-order valence-electron chi connectivity index (χ2n) is 4.44. The van der Waals surface area contributed by atoms with Gasteiger partial charge in [0, 0.05) is 25.3 Å². The molecule has 0 heterocycles. The molecule has 0 radical (unpaired) electrons. The number of hydrogen-bond donors (Lipinski definition) is 2. The van der Waals surface area contributed by atoms with E-state index in [9.17, 15) is 18.0 Å². The molecule has 2 N–H and O–H groups in total. The Morgan fingerprint density at radius 1 is 1.23 bits per heavy atom. The van der Waals surface area contributed by atoms with Crippen LogP contribution >= 0.6 is 0 Å². The number of methoxy groups -OCH3 is 1. The Bertz CT molecular complexity index is 467. The zero-order valence-electron chi connectivity index (χ0n) is 12.2. The van der Waals surface area contributed by atoms with E-state index in [0.29, 0.717) is 18.7 Å². The van der Waals surface area contributed by atoms with Gasteiger partial charge in [0.1, 0.15) is 12.4 Å². The number of benzene rings is 1. The third-order valence-electron chi connectivity index (χ3n) is 2.65. The second-order valence-corrected chi connectivity index (χ2v) is 4.44. The first-order valence-electron chi connectivity index (χ1n) is 6.70. The van der Waals surface area contributed by atoms with Crippen LogP contribution in [0, 0.1) is 0 Å². The number of nitrogens with one attached hydrogen (secondary N) is 2. The van der Waals surface area contributed by atoms with Gasteiger partial charge in [0.2, 0.25) is 0 Å². The number of para-hydroxylation sites is 1. The van der Waals surface area contributed by atoms with E-state index in [1.807, 2.05) is 18.2 Å². The number of carbonyl (C=O) groups is 1. The monoisotopic (exact) mass is 320 g/mol. The first-order chi connectivity index (χ1) is 10.4. The van der Waals surface area contributed by atoms with Crippen LogP contribution in [0.4, 0.5) is 18.0 Å². The normalized spacial score (nSPS) is 11.1. The minimum Gasteiger partial charge on any atom is -0.496 e. The number of urea groups is 1. The van der Waals surface area contributed by atoms with Crippen molar-refractivity contribution in [1.82, 2.24) is 10.6 Å². The maximum atomic E-state index is 11.8. The van der Waals surface area contributed by atoms with Gasteiger partial charge in [0.05, 0.1) is 7.11 Å². The van der Waals surface area contributed by atoms with Gasteiger partial charge in [0.25, 0.3) is 0 Å². The fourth-order valence-electron chi connectivity index (χ4n) is 1.65. The molecule has 5 nitrogen and oxygen atoms in total. The summed E-state index contributed by atoms with van der Waals surface area (Å²) in [7, 11) is 1.54. The summed E-state index contributed by atoms with van der Waals surface area (Å²) in [6, 6.07) is 6.86. The molecule has 1 rings (SSSR count). The molecule has 8 heteroatoms. The van der Waals surface area contributed by atoms with Crippen LogP contribution in [-0.4, -0.2) is 39.1 Å². The Morgan fingerprint density at radius 3 is 2.64 bits per heavy atom. The Labute approximate surface area is 126 Å². The summed E-state index contributed by atoms with van der Waals surface area (Å²) in [5.74, 6) is 0.670. The van der Waals surface area contributed by atoms with Crippen LogP contribution in [0.2, 0.25) is 0 Å². The van der Waals surface area contributed by atoms with E-state index in [1.165, 1.54) is 0 Å². The second kappa shape index (κ2) is 9.14. The van der Waals surface area contributed by atoms with Gasteiger partial charge >= 0.3 is 12.2 Å². The van der Waals surface area contributed by atoms with Gasteiger partial charge in [-0.25, -0.2) is 4.79 Å². The molecule has 124 valence electrons. The molecule has 0 atom stereocenters. The molecule has 0 aliphatic rings. The molecule has 0 fully saturated rings. The zero-order chi connectivity index (χ0) is 16.4. The average molecular weight is 320 g/mol. The van der Waals surface area contributed by atoms with Gasteiger partial charge in [0.15, 0.2) is 0 Å². The van der Waals surface area contributed by atoms with Crippen molar-refractivity contribution in [1.29, 1.82) is 0 Å². The van der Waals surface area contributed by atoms with Crippen LogP contribution in [0.25, 0.3) is 0 Å². The molecule has 0 aromatic heterocycles. The minimum absolute atomic E-state index is 0.0632. The number of hydrogen-bond acceptors (Lipinski definition) is 3. The van der Waals surface area contributed by atoms with E-state index >= 15 is 0 Å². The Morgan fingerprint density at radius 2 is 1.95 bits per heavy atom. The number of alkyl halides is 3. The summed E-state index contributed by atoms with van der Waals surface area (Å²) in [4.78, 5) is 11.5. The van der Waals surface area contributed by atoms with Crippen molar-refractivity contribution in [3.8, 4) is 5.75 Å². The van der Waals surface area contributed by atoms with Gasteiger partial charge in [-0.3, -0.25) is 0 Å². The summed E-state index contributed by atoms with van der Waals surface area (Å²) in [6.45, 7) is -0.810. The third-order valence-corrected chi connectivity index (χ3v) is 2.65. The van der Waals surface area contributed by atoms with Crippen molar-refractivity contribution >= 4 is 6.03 Å². The highest BCUT2D eigenvalue weighted by Crippen LogP contribution is 2.16. The van der Waals surface area contributed by atoms with Crippen molar-refractivity contribution < 1.29 is 27.4 Å². The number of halogens is 3. The molecule has 0 bridgehead atoms. The predicted octanol–water partition coefficient (Wildman–Crippen LogP) is 2.46. The van der Waals surface area contributed by atoms with E-state index in [1.54, 1.807) is 13.2 Å². The molecule has 0 spiro atoms. The van der Waals surface area contributed by atoms with E-state index < -0.39 is 18.8 Å². The van der Waals surface area contributed by atoms with Crippen molar-refractivity contribution in [3.05, 3.63) is 29.8 Å². The lowest BCUT2D eigenvalue weighted by Crippen LogP contribution is -2.36. The first-order valence-corrected chi connectivity index (χ1v) is 6.70. The minimum atomic E-state index is -4.32. The maximum Gasteiger partial charge on any atom is 0.411 e. The molecule has 0 aliphatic heterocycles. The summed E-state index contributed by atoms with van der Waals surface area (Å²) in [5.41, 5.74) is 0.827. The topological polar surface area (TPSA) is 59.6 Å². The van der Waals surface area contributed by atoms with Crippen LogP contribution in [0.3, 0.4) is 0 Å². The first kappa shape index (κ1) is 18.1. The molecule has 0 unspecified atom stereocenters. The molecule has 22 heavy (non-hydrogen) atoms. The summed E-state index contributed by atoms with van der Waals surface area (Å²) < 4.78 is 45.0. The third kappa shape index (κ3) is 7.72. The van der Waals surface area contributed by atoms with E-state index in [-0.39, 0.29) is 13.2 Å². The van der Waals surface area contributed by atoms with E-state index in [0.717, 1.165) is 5.56 Å². The van der Waals surface area contributed by atoms with Gasteiger partial charge in [-0.05, 0) is 12.5 Å². The largest absolute Gasteiger partial charge is 0.496 e. The Hall–Kier alpha value is -1.96. The van der Waals surface area contributed by atoms with Gasteiger partial charge in [-0.15, -0.1) is 0 Å². The lowest BCUT2D eigenvalue weighted by atomic mass is 10.2. The quantitative estimate of drug-likeness (QED) is 0.724. The van der Waals surface area contributed by atoms with Crippen molar-refractivity contribution in [2.24, 2.45) is 0 Å². The highest BCUT2D eigenvalue weighted by Gasteiger charge is 2.27. The number of amides is 2. The number of rotatable bonds is 8. The molecule has 0 saturated carbocycles.